The predicted molar refractivity (Wildman–Crippen MR) is 88.1 cm³/mol. The number of hydrogen-bond donors (Lipinski definition) is 1. The Kier molecular flexibility index (Phi) is 7.27. The highest BCUT2D eigenvalue weighted by atomic mass is 32.1. The molecular weight excluding hydrogens is 250 g/mol. The fourth-order valence-electron chi connectivity index (χ4n) is 1.98. The van der Waals surface area contributed by atoms with Gasteiger partial charge in [0, 0.05) is 11.7 Å². The minimum absolute atomic E-state index is 0.611. The van der Waals surface area contributed by atoms with Crippen LogP contribution in [0.4, 0.5) is 5.69 Å². The molecule has 0 fully saturated rings. The Labute approximate surface area is 121 Å². The van der Waals surface area contributed by atoms with Crippen LogP contribution >= 0.6 is 11.3 Å². The standard InChI is InChI=1S/C11H15N.C4H4S.C2H6/c1-8-7-10-5-3-4-6-11(10)12-9(8)2;1-2-4-5-3-1;1-2/h3-6,8-9,12H,7H2,1-2H3;1-4H;1-2H3/t8-,9?;;/m1../s1. The van der Waals surface area contributed by atoms with Gasteiger partial charge < -0.3 is 5.32 Å². The maximum absolute atomic E-state index is 3.51. The van der Waals surface area contributed by atoms with E-state index >= 15 is 0 Å². The molecule has 1 N–H and O–H groups in total. The molecule has 3 rings (SSSR count). The average Bonchev–Trinajstić information content (AvgIpc) is 3.02. The quantitative estimate of drug-likeness (QED) is 0.673. The van der Waals surface area contributed by atoms with E-state index in [2.05, 4.69) is 43.4 Å². The number of para-hydroxylation sites is 1. The van der Waals surface area contributed by atoms with Crippen LogP contribution in [-0.4, -0.2) is 6.04 Å². The van der Waals surface area contributed by atoms with Crippen molar-refractivity contribution >= 4 is 17.0 Å². The van der Waals surface area contributed by atoms with Crippen LogP contribution in [0.1, 0.15) is 33.3 Å². The van der Waals surface area contributed by atoms with Gasteiger partial charge in [-0.05, 0) is 41.7 Å². The van der Waals surface area contributed by atoms with E-state index in [0.29, 0.717) is 6.04 Å². The molecule has 1 nitrogen and oxygen atoms in total. The summed E-state index contributed by atoms with van der Waals surface area (Å²) in [6.07, 6.45) is 1.21. The first-order valence-electron chi connectivity index (χ1n) is 7.09. The second kappa shape index (κ2) is 8.76. The molecule has 2 atom stereocenters. The molecule has 0 spiro atoms. The summed E-state index contributed by atoms with van der Waals surface area (Å²) >= 11 is 1.71. The van der Waals surface area contributed by atoms with Crippen LogP contribution in [-0.2, 0) is 6.42 Å². The lowest BCUT2D eigenvalue weighted by molar-refractivity contribution is 0.491. The Hall–Kier alpha value is -1.28. The summed E-state index contributed by atoms with van der Waals surface area (Å²) in [4.78, 5) is 0. The first-order chi connectivity index (χ1) is 9.27. The van der Waals surface area contributed by atoms with Gasteiger partial charge in [-0.1, -0.05) is 51.1 Å². The maximum atomic E-state index is 3.51. The molecule has 1 unspecified atom stereocenters. The highest BCUT2D eigenvalue weighted by molar-refractivity contribution is 7.07. The monoisotopic (exact) mass is 275 g/mol. The number of nitrogens with one attached hydrogen (secondary N) is 1. The number of thiophene rings is 1. The summed E-state index contributed by atoms with van der Waals surface area (Å²) in [6.45, 7) is 8.55. The van der Waals surface area contributed by atoms with Crippen LogP contribution in [0.3, 0.4) is 0 Å². The second-order valence-corrected chi connectivity index (χ2v) is 5.38. The van der Waals surface area contributed by atoms with Gasteiger partial charge in [-0.15, -0.1) is 0 Å². The summed E-state index contributed by atoms with van der Waals surface area (Å²) in [5.41, 5.74) is 2.78. The van der Waals surface area contributed by atoms with Crippen LogP contribution < -0.4 is 5.32 Å². The highest BCUT2D eigenvalue weighted by Gasteiger charge is 2.19. The van der Waals surface area contributed by atoms with Crippen LogP contribution in [0, 0.1) is 5.92 Å². The van der Waals surface area contributed by atoms with Crippen LogP contribution in [0.15, 0.2) is 47.2 Å². The third-order valence-electron chi connectivity index (χ3n) is 3.22. The SMILES string of the molecule is CC.CC1Nc2ccccc2C[C@H]1C.c1ccsc1. The highest BCUT2D eigenvalue weighted by Crippen LogP contribution is 2.27. The van der Waals surface area contributed by atoms with E-state index in [-0.39, 0.29) is 0 Å². The fourth-order valence-corrected chi connectivity index (χ4v) is 2.43. The van der Waals surface area contributed by atoms with Crippen molar-refractivity contribution in [2.45, 2.75) is 40.2 Å². The Morgan fingerprint density at radius 1 is 1.00 bits per heavy atom. The van der Waals surface area contributed by atoms with E-state index in [9.17, 15) is 0 Å². The fraction of sp³-hybridized carbons (Fsp3) is 0.412. The average molecular weight is 275 g/mol. The van der Waals surface area contributed by atoms with E-state index in [1.165, 1.54) is 17.7 Å². The minimum Gasteiger partial charge on any atom is -0.382 e. The molecule has 2 heterocycles. The Balaban J connectivity index is 0.000000216. The zero-order chi connectivity index (χ0) is 14.1. The van der Waals surface area contributed by atoms with E-state index in [1.807, 2.05) is 36.7 Å². The smallest absolute Gasteiger partial charge is 0.0374 e. The molecule has 1 aliphatic rings. The Morgan fingerprint density at radius 3 is 2.21 bits per heavy atom. The first kappa shape index (κ1) is 15.8. The third kappa shape index (κ3) is 5.07. The number of hydrogen-bond acceptors (Lipinski definition) is 2. The molecule has 0 bridgehead atoms. The lowest BCUT2D eigenvalue weighted by atomic mass is 9.90. The zero-order valence-corrected chi connectivity index (χ0v) is 13.2. The number of fused-ring (bicyclic) bond motifs is 1. The van der Waals surface area contributed by atoms with Gasteiger partial charge in [-0.25, -0.2) is 0 Å². The summed E-state index contributed by atoms with van der Waals surface area (Å²) in [7, 11) is 0. The molecule has 104 valence electrons. The summed E-state index contributed by atoms with van der Waals surface area (Å²) in [5, 5.41) is 7.59. The second-order valence-electron chi connectivity index (χ2n) is 4.56. The number of rotatable bonds is 0. The lowest BCUT2D eigenvalue weighted by Gasteiger charge is -2.29. The molecule has 1 aliphatic heterocycles. The molecule has 19 heavy (non-hydrogen) atoms. The van der Waals surface area contributed by atoms with Crippen LogP contribution in [0.25, 0.3) is 0 Å². The normalized spacial score (nSPS) is 19.8. The van der Waals surface area contributed by atoms with E-state index in [0.717, 1.165) is 5.92 Å². The molecule has 0 radical (unpaired) electrons. The van der Waals surface area contributed by atoms with Crippen molar-refractivity contribution in [2.24, 2.45) is 5.92 Å². The van der Waals surface area contributed by atoms with Gasteiger partial charge in [-0.3, -0.25) is 0 Å². The van der Waals surface area contributed by atoms with Gasteiger partial charge in [-0.2, -0.15) is 11.3 Å². The van der Waals surface area contributed by atoms with Crippen molar-refractivity contribution in [2.75, 3.05) is 5.32 Å². The largest absolute Gasteiger partial charge is 0.382 e. The summed E-state index contributed by atoms with van der Waals surface area (Å²) in [6, 6.07) is 13.2. The van der Waals surface area contributed by atoms with Gasteiger partial charge in [0.25, 0.3) is 0 Å². The Morgan fingerprint density at radius 2 is 1.63 bits per heavy atom. The molecule has 2 aromatic rings. The van der Waals surface area contributed by atoms with Crippen LogP contribution in [0.5, 0.6) is 0 Å². The van der Waals surface area contributed by atoms with Gasteiger partial charge in [0.05, 0.1) is 0 Å². The van der Waals surface area contributed by atoms with Crippen molar-refractivity contribution in [3.8, 4) is 0 Å². The Bertz CT molecular complexity index is 390. The summed E-state index contributed by atoms with van der Waals surface area (Å²) in [5.74, 6) is 0.750. The first-order valence-corrected chi connectivity index (χ1v) is 8.03. The van der Waals surface area contributed by atoms with Crippen molar-refractivity contribution in [1.29, 1.82) is 0 Å². The number of anilines is 1. The molecule has 0 amide bonds. The van der Waals surface area contributed by atoms with Gasteiger partial charge in [0.1, 0.15) is 0 Å². The molecule has 0 aliphatic carbocycles. The van der Waals surface area contributed by atoms with E-state index < -0.39 is 0 Å². The number of benzene rings is 1. The predicted octanol–water partition coefficient (Wildman–Crippen LogP) is 5.45. The molecule has 0 saturated heterocycles. The maximum Gasteiger partial charge on any atom is 0.0374 e. The summed E-state index contributed by atoms with van der Waals surface area (Å²) < 4.78 is 0. The molecule has 0 saturated carbocycles. The van der Waals surface area contributed by atoms with Crippen molar-refractivity contribution < 1.29 is 0 Å². The van der Waals surface area contributed by atoms with E-state index in [1.54, 1.807) is 11.3 Å². The van der Waals surface area contributed by atoms with Crippen LogP contribution in [0.2, 0.25) is 0 Å². The molecule has 2 heteroatoms. The molecule has 1 aromatic carbocycles. The van der Waals surface area contributed by atoms with Gasteiger partial charge >= 0.3 is 0 Å². The molecular formula is C17H25NS. The minimum atomic E-state index is 0.611. The lowest BCUT2D eigenvalue weighted by Crippen LogP contribution is -2.30. The molecule has 1 aromatic heterocycles. The van der Waals surface area contributed by atoms with Crippen molar-refractivity contribution in [3.05, 3.63) is 52.7 Å². The van der Waals surface area contributed by atoms with Crippen molar-refractivity contribution in [3.63, 3.8) is 0 Å². The van der Waals surface area contributed by atoms with Crippen molar-refractivity contribution in [1.82, 2.24) is 0 Å². The topological polar surface area (TPSA) is 12.0 Å². The third-order valence-corrected chi connectivity index (χ3v) is 3.85. The zero-order valence-electron chi connectivity index (χ0n) is 12.4. The van der Waals surface area contributed by atoms with Gasteiger partial charge in [0.2, 0.25) is 0 Å². The van der Waals surface area contributed by atoms with E-state index in [4.69, 9.17) is 0 Å². The van der Waals surface area contributed by atoms with Gasteiger partial charge in [0.15, 0.2) is 0 Å².